The van der Waals surface area contributed by atoms with Crippen molar-refractivity contribution < 1.29 is 19.4 Å². The SMILES string of the molecule is CN(C(=O)c1ccc(C[C@H](NCc2ccccc2)C(=O)O)cc1)C1CCCC1Oc1ccccc1. The van der Waals surface area contributed by atoms with Gasteiger partial charge in [0.05, 0.1) is 6.04 Å². The highest BCUT2D eigenvalue weighted by Crippen LogP contribution is 2.28. The van der Waals surface area contributed by atoms with Gasteiger partial charge in [0.25, 0.3) is 5.91 Å². The fourth-order valence-electron chi connectivity index (χ4n) is 4.62. The molecule has 35 heavy (non-hydrogen) atoms. The zero-order valence-corrected chi connectivity index (χ0v) is 20.0. The van der Waals surface area contributed by atoms with Gasteiger partial charge in [-0.1, -0.05) is 60.7 Å². The van der Waals surface area contributed by atoms with Gasteiger partial charge in [0.2, 0.25) is 0 Å². The number of ether oxygens (including phenoxy) is 1. The van der Waals surface area contributed by atoms with Gasteiger partial charge >= 0.3 is 5.97 Å². The van der Waals surface area contributed by atoms with E-state index in [1.807, 2.05) is 79.8 Å². The Morgan fingerprint density at radius 2 is 1.60 bits per heavy atom. The van der Waals surface area contributed by atoms with Crippen molar-refractivity contribution in [3.8, 4) is 5.75 Å². The summed E-state index contributed by atoms with van der Waals surface area (Å²) in [6, 6.07) is 26.0. The zero-order chi connectivity index (χ0) is 24.6. The molecule has 6 nitrogen and oxygen atoms in total. The molecule has 182 valence electrons. The minimum absolute atomic E-state index is 0.0148. The Balaban J connectivity index is 1.36. The molecule has 3 aromatic rings. The molecule has 0 aliphatic heterocycles. The molecule has 3 aromatic carbocycles. The maximum absolute atomic E-state index is 13.2. The second kappa shape index (κ2) is 11.7. The van der Waals surface area contributed by atoms with Crippen LogP contribution >= 0.6 is 0 Å². The van der Waals surface area contributed by atoms with Crippen LogP contribution in [0.1, 0.15) is 40.7 Å². The Hall–Kier alpha value is -3.64. The van der Waals surface area contributed by atoms with Crippen molar-refractivity contribution in [2.75, 3.05) is 7.05 Å². The third-order valence-electron chi connectivity index (χ3n) is 6.60. The minimum atomic E-state index is -0.897. The number of carbonyl (C=O) groups is 2. The summed E-state index contributed by atoms with van der Waals surface area (Å²) in [5.74, 6) is -0.128. The van der Waals surface area contributed by atoms with Gasteiger partial charge in [-0.2, -0.15) is 0 Å². The van der Waals surface area contributed by atoms with Gasteiger partial charge in [-0.25, -0.2) is 0 Å². The average molecular weight is 473 g/mol. The number of para-hydroxylation sites is 1. The lowest BCUT2D eigenvalue weighted by atomic mass is 10.0. The molecule has 0 spiro atoms. The molecule has 0 aromatic heterocycles. The molecule has 0 bridgehead atoms. The van der Waals surface area contributed by atoms with Crippen LogP contribution in [-0.2, 0) is 17.8 Å². The summed E-state index contributed by atoms with van der Waals surface area (Å²) in [6.07, 6.45) is 3.15. The second-order valence-electron chi connectivity index (χ2n) is 9.04. The Labute approximate surface area is 206 Å². The van der Waals surface area contributed by atoms with Gasteiger partial charge in [0, 0.05) is 19.2 Å². The van der Waals surface area contributed by atoms with E-state index in [4.69, 9.17) is 4.74 Å². The molecule has 4 rings (SSSR count). The van der Waals surface area contributed by atoms with Crippen LogP contribution in [0.25, 0.3) is 0 Å². The standard InChI is InChI=1S/C29H32N2O4/c1-31(26-13-8-14-27(26)35-24-11-6-3-7-12-24)28(32)23-17-15-21(16-18-23)19-25(29(33)34)30-20-22-9-4-2-5-10-22/h2-7,9-12,15-18,25-27,30H,8,13-14,19-20H2,1H3,(H,33,34)/t25-,26?,27?/m0/s1. The second-order valence-corrected chi connectivity index (χ2v) is 9.04. The third-order valence-corrected chi connectivity index (χ3v) is 6.60. The topological polar surface area (TPSA) is 78.9 Å². The molecule has 1 aliphatic carbocycles. The highest BCUT2D eigenvalue weighted by molar-refractivity contribution is 5.94. The van der Waals surface area contributed by atoms with Crippen molar-refractivity contribution in [3.63, 3.8) is 0 Å². The van der Waals surface area contributed by atoms with Crippen LogP contribution in [0, 0.1) is 0 Å². The summed E-state index contributed by atoms with van der Waals surface area (Å²) in [5, 5.41) is 12.8. The maximum atomic E-state index is 13.2. The fourth-order valence-corrected chi connectivity index (χ4v) is 4.62. The van der Waals surface area contributed by atoms with E-state index in [0.29, 0.717) is 18.5 Å². The Morgan fingerprint density at radius 1 is 0.943 bits per heavy atom. The van der Waals surface area contributed by atoms with E-state index in [-0.39, 0.29) is 18.1 Å². The van der Waals surface area contributed by atoms with Crippen LogP contribution in [0.5, 0.6) is 5.75 Å². The fraction of sp³-hybridized carbons (Fsp3) is 0.310. The van der Waals surface area contributed by atoms with Crippen molar-refractivity contribution >= 4 is 11.9 Å². The van der Waals surface area contributed by atoms with Crippen LogP contribution in [0.15, 0.2) is 84.9 Å². The molecule has 0 heterocycles. The van der Waals surface area contributed by atoms with Gasteiger partial charge in [-0.05, 0) is 61.1 Å². The molecule has 6 heteroatoms. The smallest absolute Gasteiger partial charge is 0.321 e. The lowest BCUT2D eigenvalue weighted by Gasteiger charge is -2.30. The minimum Gasteiger partial charge on any atom is -0.488 e. The highest BCUT2D eigenvalue weighted by atomic mass is 16.5. The average Bonchev–Trinajstić information content (AvgIpc) is 3.35. The van der Waals surface area contributed by atoms with Crippen molar-refractivity contribution in [1.82, 2.24) is 10.2 Å². The molecule has 1 aliphatic rings. The molecule has 1 amide bonds. The number of hydrogen-bond acceptors (Lipinski definition) is 4. The normalized spacial score (nSPS) is 18.1. The maximum Gasteiger partial charge on any atom is 0.321 e. The van der Waals surface area contributed by atoms with Gasteiger partial charge in [0.1, 0.15) is 17.9 Å². The highest BCUT2D eigenvalue weighted by Gasteiger charge is 2.34. The van der Waals surface area contributed by atoms with E-state index in [9.17, 15) is 14.7 Å². The molecular formula is C29H32N2O4. The number of rotatable bonds is 10. The monoisotopic (exact) mass is 472 g/mol. The van der Waals surface area contributed by atoms with E-state index in [0.717, 1.165) is 36.1 Å². The predicted octanol–water partition coefficient (Wildman–Crippen LogP) is 4.54. The number of aliphatic carboxylic acids is 1. The first kappa shape index (κ1) is 24.5. The summed E-state index contributed by atoms with van der Waals surface area (Å²) >= 11 is 0. The summed E-state index contributed by atoms with van der Waals surface area (Å²) in [5.41, 5.74) is 2.48. The third kappa shape index (κ3) is 6.49. The van der Waals surface area contributed by atoms with Crippen molar-refractivity contribution in [3.05, 3.63) is 102 Å². The molecule has 2 N–H and O–H groups in total. The van der Waals surface area contributed by atoms with Crippen molar-refractivity contribution in [2.24, 2.45) is 0 Å². The predicted molar refractivity (Wildman–Crippen MR) is 135 cm³/mol. The van der Waals surface area contributed by atoms with Crippen LogP contribution in [0.3, 0.4) is 0 Å². The van der Waals surface area contributed by atoms with E-state index in [2.05, 4.69) is 5.32 Å². The quantitative estimate of drug-likeness (QED) is 0.453. The first-order valence-corrected chi connectivity index (χ1v) is 12.1. The zero-order valence-electron chi connectivity index (χ0n) is 20.0. The van der Waals surface area contributed by atoms with Crippen LogP contribution in [0.4, 0.5) is 0 Å². The molecule has 3 atom stereocenters. The lowest BCUT2D eigenvalue weighted by Crippen LogP contribution is -2.43. The number of hydrogen-bond donors (Lipinski definition) is 2. The Morgan fingerprint density at radius 3 is 2.26 bits per heavy atom. The number of nitrogens with one attached hydrogen (secondary N) is 1. The first-order chi connectivity index (χ1) is 17.0. The number of carboxylic acids is 1. The van der Waals surface area contributed by atoms with Gasteiger partial charge in [0.15, 0.2) is 0 Å². The summed E-state index contributed by atoms with van der Waals surface area (Å²) in [6.45, 7) is 0.479. The molecule has 1 saturated carbocycles. The van der Waals surface area contributed by atoms with Gasteiger partial charge in [-0.3, -0.25) is 9.59 Å². The van der Waals surface area contributed by atoms with E-state index >= 15 is 0 Å². The van der Waals surface area contributed by atoms with Crippen molar-refractivity contribution in [1.29, 1.82) is 0 Å². The molecule has 0 radical (unpaired) electrons. The Bertz CT molecular complexity index is 1100. The molecule has 2 unspecified atom stereocenters. The summed E-state index contributed by atoms with van der Waals surface area (Å²) < 4.78 is 6.18. The number of likely N-dealkylation sites (N-methyl/N-ethyl adjacent to an activating group) is 1. The number of nitrogens with zero attached hydrogens (tertiary/aromatic N) is 1. The number of benzene rings is 3. The van der Waals surface area contributed by atoms with E-state index < -0.39 is 12.0 Å². The van der Waals surface area contributed by atoms with Gasteiger partial charge < -0.3 is 20.1 Å². The summed E-state index contributed by atoms with van der Waals surface area (Å²) in [4.78, 5) is 26.7. The van der Waals surface area contributed by atoms with Gasteiger partial charge in [-0.15, -0.1) is 0 Å². The molecular weight excluding hydrogens is 440 g/mol. The Kier molecular flexibility index (Phi) is 8.16. The van der Waals surface area contributed by atoms with Crippen LogP contribution in [0.2, 0.25) is 0 Å². The van der Waals surface area contributed by atoms with Crippen molar-refractivity contribution in [2.45, 2.75) is 50.4 Å². The van der Waals surface area contributed by atoms with E-state index in [1.54, 1.807) is 17.0 Å². The summed E-state index contributed by atoms with van der Waals surface area (Å²) in [7, 11) is 1.83. The van der Waals surface area contributed by atoms with Crippen LogP contribution < -0.4 is 10.1 Å². The number of carbonyl (C=O) groups excluding carboxylic acids is 1. The number of carboxylic acid groups (broad SMARTS) is 1. The molecule has 0 saturated heterocycles. The van der Waals surface area contributed by atoms with E-state index in [1.165, 1.54) is 0 Å². The lowest BCUT2D eigenvalue weighted by molar-refractivity contribution is -0.139. The molecule has 1 fully saturated rings. The first-order valence-electron chi connectivity index (χ1n) is 12.1. The number of amides is 1. The largest absolute Gasteiger partial charge is 0.488 e. The van der Waals surface area contributed by atoms with Crippen LogP contribution in [-0.4, -0.2) is 47.1 Å².